The Kier molecular flexibility index (Phi) is 4.97. The van der Waals surface area contributed by atoms with Gasteiger partial charge < -0.3 is 14.8 Å². The number of nitrogens with zero attached hydrogens (tertiary/aromatic N) is 1. The zero-order valence-electron chi connectivity index (χ0n) is 13.9. The third-order valence-electron chi connectivity index (χ3n) is 4.79. The van der Waals surface area contributed by atoms with Crippen LogP contribution >= 0.6 is 0 Å². The molecule has 128 valence electrons. The Bertz CT molecular complexity index is 525. The number of carbonyl (C=O) groups excluding carboxylic acids is 3. The molecular formula is C16H24N2O5. The minimum atomic E-state index is -1.18. The Hall–Kier alpha value is -2.05. The van der Waals surface area contributed by atoms with Crippen LogP contribution in [-0.4, -0.2) is 54.7 Å². The molecule has 2 amide bonds. The Morgan fingerprint density at radius 1 is 1.09 bits per heavy atom. The van der Waals surface area contributed by atoms with Gasteiger partial charge in [-0.15, -0.1) is 0 Å². The maximum atomic E-state index is 12.6. The molecule has 1 atom stereocenters. The molecule has 0 saturated heterocycles. The highest BCUT2D eigenvalue weighted by atomic mass is 16.5. The van der Waals surface area contributed by atoms with E-state index in [1.54, 1.807) is 13.0 Å². The highest BCUT2D eigenvalue weighted by molar-refractivity contribution is 5.94. The van der Waals surface area contributed by atoms with E-state index in [1.165, 1.54) is 19.1 Å². The van der Waals surface area contributed by atoms with Crippen molar-refractivity contribution in [2.75, 3.05) is 20.8 Å². The van der Waals surface area contributed by atoms with Crippen molar-refractivity contribution in [3.63, 3.8) is 0 Å². The molecule has 1 saturated carbocycles. The number of amides is 2. The molecule has 1 spiro atoms. The molecule has 1 aliphatic carbocycles. The van der Waals surface area contributed by atoms with Gasteiger partial charge in [0.15, 0.2) is 0 Å². The predicted molar refractivity (Wildman–Crippen MR) is 82.6 cm³/mol. The van der Waals surface area contributed by atoms with Gasteiger partial charge in [-0.1, -0.05) is 31.4 Å². The van der Waals surface area contributed by atoms with Gasteiger partial charge in [0.1, 0.15) is 12.1 Å². The largest absolute Gasteiger partial charge is 0.468 e. The SMILES string of the molecule is COC(=O)CNC(=O)C1(C)C=CC2(CCCCC2)N1C(=O)OC. The third kappa shape index (κ3) is 3.04. The number of esters is 1. The van der Waals surface area contributed by atoms with Gasteiger partial charge in [-0.25, -0.2) is 4.79 Å². The summed E-state index contributed by atoms with van der Waals surface area (Å²) in [5.74, 6) is -0.965. The van der Waals surface area contributed by atoms with Crippen molar-refractivity contribution in [3.05, 3.63) is 12.2 Å². The second-order valence-electron chi connectivity index (χ2n) is 6.21. The van der Waals surface area contributed by atoms with Crippen molar-refractivity contribution in [2.24, 2.45) is 0 Å². The van der Waals surface area contributed by atoms with E-state index < -0.39 is 29.0 Å². The van der Waals surface area contributed by atoms with E-state index in [2.05, 4.69) is 10.1 Å². The summed E-state index contributed by atoms with van der Waals surface area (Å²) in [5.41, 5.74) is -1.67. The zero-order chi connectivity index (χ0) is 17.1. The molecule has 0 aromatic heterocycles. The number of carbonyl (C=O) groups is 3. The molecule has 23 heavy (non-hydrogen) atoms. The summed E-state index contributed by atoms with van der Waals surface area (Å²) in [6.07, 6.45) is 7.87. The van der Waals surface area contributed by atoms with E-state index in [0.29, 0.717) is 0 Å². The fourth-order valence-corrected chi connectivity index (χ4v) is 3.53. The molecule has 2 aliphatic rings. The van der Waals surface area contributed by atoms with Crippen molar-refractivity contribution in [1.29, 1.82) is 0 Å². The van der Waals surface area contributed by atoms with Crippen LogP contribution in [0.3, 0.4) is 0 Å². The first kappa shape index (κ1) is 17.3. The quantitative estimate of drug-likeness (QED) is 0.626. The van der Waals surface area contributed by atoms with E-state index in [9.17, 15) is 14.4 Å². The average molecular weight is 324 g/mol. The lowest BCUT2D eigenvalue weighted by Crippen LogP contribution is -2.63. The van der Waals surface area contributed by atoms with Crippen molar-refractivity contribution in [3.8, 4) is 0 Å². The zero-order valence-corrected chi connectivity index (χ0v) is 13.9. The van der Waals surface area contributed by atoms with Crippen LogP contribution in [0.4, 0.5) is 4.79 Å². The van der Waals surface area contributed by atoms with Crippen LogP contribution in [0.25, 0.3) is 0 Å². The van der Waals surface area contributed by atoms with Crippen LogP contribution in [0.15, 0.2) is 12.2 Å². The molecule has 7 nitrogen and oxygen atoms in total. The lowest BCUT2D eigenvalue weighted by atomic mass is 9.81. The monoisotopic (exact) mass is 324 g/mol. The van der Waals surface area contributed by atoms with E-state index >= 15 is 0 Å². The maximum Gasteiger partial charge on any atom is 0.411 e. The average Bonchev–Trinajstić information content (AvgIpc) is 2.85. The van der Waals surface area contributed by atoms with Crippen LogP contribution < -0.4 is 5.32 Å². The molecular weight excluding hydrogens is 300 g/mol. The predicted octanol–water partition coefficient (Wildman–Crippen LogP) is 1.38. The topological polar surface area (TPSA) is 84.9 Å². The second-order valence-corrected chi connectivity index (χ2v) is 6.21. The van der Waals surface area contributed by atoms with E-state index in [0.717, 1.165) is 32.1 Å². The minimum Gasteiger partial charge on any atom is -0.468 e. The lowest BCUT2D eigenvalue weighted by molar-refractivity contribution is -0.142. The Morgan fingerprint density at radius 2 is 1.74 bits per heavy atom. The number of hydrogen-bond donors (Lipinski definition) is 1. The van der Waals surface area contributed by atoms with Gasteiger partial charge in [-0.3, -0.25) is 14.5 Å². The Balaban J connectivity index is 2.25. The highest BCUT2D eigenvalue weighted by Crippen LogP contribution is 2.44. The molecule has 1 heterocycles. The van der Waals surface area contributed by atoms with Crippen molar-refractivity contribution in [1.82, 2.24) is 10.2 Å². The van der Waals surface area contributed by atoms with Gasteiger partial charge in [0.2, 0.25) is 5.91 Å². The van der Waals surface area contributed by atoms with Crippen LogP contribution in [0, 0.1) is 0 Å². The fourth-order valence-electron chi connectivity index (χ4n) is 3.53. The summed E-state index contributed by atoms with van der Waals surface area (Å²) >= 11 is 0. The van der Waals surface area contributed by atoms with E-state index in [-0.39, 0.29) is 6.54 Å². The first-order valence-electron chi connectivity index (χ1n) is 7.83. The highest BCUT2D eigenvalue weighted by Gasteiger charge is 2.55. The number of nitrogens with one attached hydrogen (secondary N) is 1. The Morgan fingerprint density at radius 3 is 2.30 bits per heavy atom. The molecule has 7 heteroatoms. The Labute approximate surface area is 136 Å². The minimum absolute atomic E-state index is 0.235. The number of rotatable bonds is 3. The summed E-state index contributed by atoms with van der Waals surface area (Å²) in [6.45, 7) is 1.43. The standard InChI is InChI=1S/C16H24N2O5/c1-15(13(20)17-11-12(19)22-2)9-10-16(7-5-4-6-8-16)18(15)14(21)23-3/h9-10H,4-8,11H2,1-3H3,(H,17,20). The molecule has 0 aromatic carbocycles. The molecule has 2 rings (SSSR count). The molecule has 0 radical (unpaired) electrons. The number of ether oxygens (including phenoxy) is 2. The third-order valence-corrected chi connectivity index (χ3v) is 4.79. The summed E-state index contributed by atoms with van der Waals surface area (Å²) in [5, 5.41) is 2.53. The summed E-state index contributed by atoms with van der Waals surface area (Å²) in [6, 6.07) is 0. The van der Waals surface area contributed by atoms with Crippen LogP contribution in [-0.2, 0) is 19.1 Å². The number of hydrogen-bond acceptors (Lipinski definition) is 5. The first-order chi connectivity index (χ1) is 10.9. The summed E-state index contributed by atoms with van der Waals surface area (Å²) in [4.78, 5) is 37.8. The van der Waals surface area contributed by atoms with Crippen molar-refractivity contribution in [2.45, 2.75) is 50.1 Å². The molecule has 0 bridgehead atoms. The van der Waals surface area contributed by atoms with E-state index in [4.69, 9.17) is 4.74 Å². The molecule has 1 aliphatic heterocycles. The lowest BCUT2D eigenvalue weighted by Gasteiger charge is -2.45. The van der Waals surface area contributed by atoms with Gasteiger partial charge >= 0.3 is 12.1 Å². The molecule has 0 aromatic rings. The number of methoxy groups -OCH3 is 2. The first-order valence-corrected chi connectivity index (χ1v) is 7.83. The summed E-state index contributed by atoms with van der Waals surface area (Å²) < 4.78 is 9.45. The van der Waals surface area contributed by atoms with Crippen molar-refractivity contribution < 1.29 is 23.9 Å². The normalized spacial score (nSPS) is 25.3. The molecule has 1 fully saturated rings. The van der Waals surface area contributed by atoms with Gasteiger partial charge in [0, 0.05) is 0 Å². The van der Waals surface area contributed by atoms with Crippen molar-refractivity contribution >= 4 is 18.0 Å². The second kappa shape index (κ2) is 6.60. The van der Waals surface area contributed by atoms with Crippen LogP contribution in [0.5, 0.6) is 0 Å². The van der Waals surface area contributed by atoms with Gasteiger partial charge in [0.25, 0.3) is 0 Å². The maximum absolute atomic E-state index is 12.6. The fraction of sp³-hybridized carbons (Fsp3) is 0.688. The summed E-state index contributed by atoms with van der Waals surface area (Å²) in [7, 11) is 2.56. The van der Waals surface area contributed by atoms with Gasteiger partial charge in [0.05, 0.1) is 19.8 Å². The molecule has 1 unspecified atom stereocenters. The van der Waals surface area contributed by atoms with Crippen LogP contribution in [0.2, 0.25) is 0 Å². The van der Waals surface area contributed by atoms with Gasteiger partial charge in [-0.05, 0) is 19.8 Å². The van der Waals surface area contributed by atoms with E-state index in [1.807, 2.05) is 6.08 Å². The van der Waals surface area contributed by atoms with Crippen LogP contribution in [0.1, 0.15) is 39.0 Å². The molecule has 1 N–H and O–H groups in total. The smallest absolute Gasteiger partial charge is 0.411 e. The van der Waals surface area contributed by atoms with Gasteiger partial charge in [-0.2, -0.15) is 0 Å².